The lowest BCUT2D eigenvalue weighted by molar-refractivity contribution is 0.102. The molecule has 0 spiro atoms. The third kappa shape index (κ3) is 4.73. The summed E-state index contributed by atoms with van der Waals surface area (Å²) in [6.45, 7) is 0.970. The number of nitrogens with zero attached hydrogens (tertiary/aromatic N) is 1. The second-order valence-electron chi connectivity index (χ2n) is 6.63. The summed E-state index contributed by atoms with van der Waals surface area (Å²) in [7, 11) is -0.772. The number of ether oxygens (including phenoxy) is 2. The number of rotatable bonds is 6. The Morgan fingerprint density at radius 2 is 1.76 bits per heavy atom. The average Bonchev–Trinajstić information content (AvgIpc) is 2.74. The summed E-state index contributed by atoms with van der Waals surface area (Å²) in [5.41, 5.74) is 0.738. The monoisotopic (exact) mass is 482 g/mol. The first kappa shape index (κ1) is 21.6. The molecule has 1 saturated heterocycles. The summed E-state index contributed by atoms with van der Waals surface area (Å²) in [4.78, 5) is 12.8. The number of nitrogens with one attached hydrogen (secondary N) is 1. The van der Waals surface area contributed by atoms with Crippen molar-refractivity contribution >= 4 is 37.5 Å². The van der Waals surface area contributed by atoms with Gasteiger partial charge in [-0.15, -0.1) is 0 Å². The van der Waals surface area contributed by atoms with Gasteiger partial charge in [0, 0.05) is 23.2 Å². The van der Waals surface area contributed by atoms with Crippen LogP contribution in [0, 0.1) is 0 Å². The van der Waals surface area contributed by atoms with Crippen LogP contribution in [0.4, 0.5) is 5.69 Å². The highest BCUT2D eigenvalue weighted by Gasteiger charge is 2.29. The highest BCUT2D eigenvalue weighted by atomic mass is 79.9. The van der Waals surface area contributed by atoms with Crippen LogP contribution in [0.5, 0.6) is 11.5 Å². The van der Waals surface area contributed by atoms with Gasteiger partial charge >= 0.3 is 0 Å². The van der Waals surface area contributed by atoms with E-state index in [1.807, 2.05) is 0 Å². The van der Waals surface area contributed by atoms with Gasteiger partial charge in [-0.3, -0.25) is 4.79 Å². The maximum atomic E-state index is 13.1. The van der Waals surface area contributed by atoms with Gasteiger partial charge in [-0.25, -0.2) is 8.42 Å². The Balaban J connectivity index is 1.92. The topological polar surface area (TPSA) is 84.9 Å². The molecule has 29 heavy (non-hydrogen) atoms. The molecule has 2 aromatic rings. The number of amides is 1. The number of carbonyl (C=O) groups is 1. The van der Waals surface area contributed by atoms with Gasteiger partial charge in [0.2, 0.25) is 10.0 Å². The minimum Gasteiger partial charge on any atom is -0.497 e. The van der Waals surface area contributed by atoms with E-state index in [4.69, 9.17) is 9.47 Å². The molecule has 1 amide bonds. The number of piperidine rings is 1. The molecule has 0 aromatic heterocycles. The van der Waals surface area contributed by atoms with Crippen molar-refractivity contribution in [3.63, 3.8) is 0 Å². The van der Waals surface area contributed by atoms with Crippen molar-refractivity contribution in [3.05, 3.63) is 46.4 Å². The minimum atomic E-state index is -3.72. The lowest BCUT2D eigenvalue weighted by atomic mass is 10.2. The molecule has 0 saturated carbocycles. The van der Waals surface area contributed by atoms with Gasteiger partial charge < -0.3 is 14.8 Å². The summed E-state index contributed by atoms with van der Waals surface area (Å²) in [6.07, 6.45) is 2.69. The van der Waals surface area contributed by atoms with E-state index in [1.54, 1.807) is 30.3 Å². The second kappa shape index (κ2) is 9.15. The molecule has 1 N–H and O–H groups in total. The third-order valence-electron chi connectivity index (χ3n) is 4.77. The van der Waals surface area contributed by atoms with Gasteiger partial charge in [0.15, 0.2) is 0 Å². The molecular formula is C20H23BrN2O5S. The van der Waals surface area contributed by atoms with Crippen molar-refractivity contribution < 1.29 is 22.7 Å². The van der Waals surface area contributed by atoms with E-state index in [-0.39, 0.29) is 16.6 Å². The Labute approximate surface area is 179 Å². The summed E-state index contributed by atoms with van der Waals surface area (Å²) < 4.78 is 38.8. The van der Waals surface area contributed by atoms with Gasteiger partial charge in [0.25, 0.3) is 5.91 Å². The van der Waals surface area contributed by atoms with Crippen molar-refractivity contribution in [1.82, 2.24) is 4.31 Å². The Hall–Kier alpha value is -2.10. The summed E-state index contributed by atoms with van der Waals surface area (Å²) in [6, 6.07) is 9.65. The Bertz CT molecular complexity index is 1000. The number of benzene rings is 2. The zero-order chi connectivity index (χ0) is 21.0. The van der Waals surface area contributed by atoms with Crippen LogP contribution in [0.25, 0.3) is 0 Å². The molecule has 0 atom stereocenters. The molecular weight excluding hydrogens is 460 g/mol. The van der Waals surface area contributed by atoms with Crippen LogP contribution in [-0.2, 0) is 10.0 Å². The third-order valence-corrected chi connectivity index (χ3v) is 7.38. The predicted molar refractivity (Wildman–Crippen MR) is 114 cm³/mol. The SMILES string of the molecule is COc1ccc(Br)c(C(=O)Nc2ccc(OC)c(S(=O)(=O)N3CCCCC3)c2)c1. The van der Waals surface area contributed by atoms with Crippen LogP contribution in [0.2, 0.25) is 0 Å². The highest BCUT2D eigenvalue weighted by molar-refractivity contribution is 9.10. The molecule has 1 heterocycles. The van der Waals surface area contributed by atoms with Gasteiger partial charge in [0.05, 0.1) is 19.8 Å². The van der Waals surface area contributed by atoms with Crippen molar-refractivity contribution in [3.8, 4) is 11.5 Å². The van der Waals surface area contributed by atoms with E-state index in [2.05, 4.69) is 21.2 Å². The van der Waals surface area contributed by atoms with E-state index >= 15 is 0 Å². The van der Waals surface area contributed by atoms with E-state index in [9.17, 15) is 13.2 Å². The van der Waals surface area contributed by atoms with Crippen LogP contribution < -0.4 is 14.8 Å². The number of sulfonamides is 1. The molecule has 3 rings (SSSR count). The Morgan fingerprint density at radius 3 is 2.41 bits per heavy atom. The first-order chi connectivity index (χ1) is 13.9. The van der Waals surface area contributed by atoms with Crippen LogP contribution in [0.3, 0.4) is 0 Å². The van der Waals surface area contributed by atoms with E-state index < -0.39 is 10.0 Å². The largest absolute Gasteiger partial charge is 0.497 e. The summed E-state index contributed by atoms with van der Waals surface area (Å²) in [5.74, 6) is 0.403. The molecule has 0 aliphatic carbocycles. The number of halogens is 1. The van der Waals surface area contributed by atoms with Crippen molar-refractivity contribution in [2.45, 2.75) is 24.2 Å². The molecule has 1 aliphatic heterocycles. The van der Waals surface area contributed by atoms with Gasteiger partial charge in [-0.1, -0.05) is 6.42 Å². The quantitative estimate of drug-likeness (QED) is 0.674. The predicted octanol–water partition coefficient (Wildman–Crippen LogP) is 3.89. The molecule has 0 unspecified atom stereocenters. The highest BCUT2D eigenvalue weighted by Crippen LogP contribution is 2.32. The number of anilines is 1. The number of carbonyl (C=O) groups excluding carboxylic acids is 1. The molecule has 7 nitrogen and oxygen atoms in total. The second-order valence-corrected chi connectivity index (χ2v) is 9.39. The Kier molecular flexibility index (Phi) is 6.81. The standard InChI is InChI=1S/C20H23BrN2O5S/c1-27-15-7-8-17(21)16(13-15)20(24)22-14-6-9-18(28-2)19(12-14)29(25,26)23-10-4-3-5-11-23/h6-9,12-13H,3-5,10-11H2,1-2H3,(H,22,24). The smallest absolute Gasteiger partial charge is 0.256 e. The first-order valence-corrected chi connectivity index (χ1v) is 11.4. The summed E-state index contributed by atoms with van der Waals surface area (Å²) in [5, 5.41) is 2.75. The summed E-state index contributed by atoms with van der Waals surface area (Å²) >= 11 is 3.36. The van der Waals surface area contributed by atoms with Gasteiger partial charge in [-0.2, -0.15) is 4.31 Å². The fourth-order valence-electron chi connectivity index (χ4n) is 3.20. The number of methoxy groups -OCH3 is 2. The van der Waals surface area contributed by atoms with E-state index in [0.717, 1.165) is 19.3 Å². The molecule has 1 fully saturated rings. The lowest BCUT2D eigenvalue weighted by Crippen LogP contribution is -2.35. The fraction of sp³-hybridized carbons (Fsp3) is 0.350. The van der Waals surface area contributed by atoms with Crippen LogP contribution in [0.15, 0.2) is 45.8 Å². The maximum Gasteiger partial charge on any atom is 0.256 e. The lowest BCUT2D eigenvalue weighted by Gasteiger charge is -2.26. The minimum absolute atomic E-state index is 0.0457. The van der Waals surface area contributed by atoms with Gasteiger partial charge in [0.1, 0.15) is 16.4 Å². The van der Waals surface area contributed by atoms with Crippen LogP contribution in [-0.4, -0.2) is 45.9 Å². The van der Waals surface area contributed by atoms with Crippen LogP contribution >= 0.6 is 15.9 Å². The number of hydrogen-bond donors (Lipinski definition) is 1. The molecule has 1 aliphatic rings. The normalized spacial score (nSPS) is 15.0. The molecule has 9 heteroatoms. The fourth-order valence-corrected chi connectivity index (χ4v) is 5.33. The molecule has 0 bridgehead atoms. The van der Waals surface area contributed by atoms with Crippen LogP contribution in [0.1, 0.15) is 29.6 Å². The van der Waals surface area contributed by atoms with Crippen molar-refractivity contribution in [2.75, 3.05) is 32.6 Å². The van der Waals surface area contributed by atoms with Crippen molar-refractivity contribution in [1.29, 1.82) is 0 Å². The Morgan fingerprint density at radius 1 is 1.03 bits per heavy atom. The molecule has 2 aromatic carbocycles. The van der Waals surface area contributed by atoms with E-state index in [0.29, 0.717) is 34.6 Å². The maximum absolute atomic E-state index is 13.1. The molecule has 156 valence electrons. The average molecular weight is 483 g/mol. The zero-order valence-electron chi connectivity index (χ0n) is 16.3. The van der Waals surface area contributed by atoms with Gasteiger partial charge in [-0.05, 0) is 65.2 Å². The van der Waals surface area contributed by atoms with Crippen molar-refractivity contribution in [2.24, 2.45) is 0 Å². The number of hydrogen-bond acceptors (Lipinski definition) is 5. The molecule has 0 radical (unpaired) electrons. The first-order valence-electron chi connectivity index (χ1n) is 9.20. The van der Waals surface area contributed by atoms with E-state index in [1.165, 1.54) is 24.6 Å². The zero-order valence-corrected chi connectivity index (χ0v) is 18.7.